The van der Waals surface area contributed by atoms with Crippen LogP contribution in [0.3, 0.4) is 0 Å². The van der Waals surface area contributed by atoms with Crippen molar-refractivity contribution in [1.29, 1.82) is 0 Å². The Morgan fingerprint density at radius 2 is 1.59 bits per heavy atom. The number of nitrogens with zero attached hydrogens (tertiary/aromatic N) is 2. The number of hydrogen-bond acceptors (Lipinski definition) is 4. The lowest BCUT2D eigenvalue weighted by Gasteiger charge is -2.31. The van der Waals surface area contributed by atoms with Gasteiger partial charge in [-0.1, -0.05) is 26.0 Å². The predicted molar refractivity (Wildman–Crippen MR) is 109 cm³/mol. The van der Waals surface area contributed by atoms with E-state index in [1.54, 1.807) is 31.3 Å². The number of fused-ring (bicyclic) bond motifs is 1. The molecule has 2 aliphatic rings. The van der Waals surface area contributed by atoms with E-state index in [1.165, 1.54) is 9.80 Å². The van der Waals surface area contributed by atoms with Crippen molar-refractivity contribution in [2.24, 2.45) is 23.5 Å². The zero-order valence-corrected chi connectivity index (χ0v) is 17.0. The average molecular weight is 397 g/mol. The van der Waals surface area contributed by atoms with Crippen LogP contribution in [0.5, 0.6) is 0 Å². The maximum atomic E-state index is 13.4. The number of allylic oxidation sites excluding steroid dienone is 2. The molecule has 7 heteroatoms. The Morgan fingerprint density at radius 1 is 1.07 bits per heavy atom. The summed E-state index contributed by atoms with van der Waals surface area (Å²) in [6.45, 7) is 3.92. The molecule has 0 spiro atoms. The smallest absolute Gasteiger partial charge is 0.250 e. The number of imide groups is 1. The van der Waals surface area contributed by atoms with E-state index in [2.05, 4.69) is 0 Å². The number of carbonyl (C=O) groups excluding carboxylic acids is 4. The number of amides is 4. The Balaban J connectivity index is 1.88. The second-order valence-corrected chi connectivity index (χ2v) is 8.16. The molecule has 1 heterocycles. The van der Waals surface area contributed by atoms with Gasteiger partial charge in [0.1, 0.15) is 6.04 Å². The number of primary amides is 1. The van der Waals surface area contributed by atoms with Gasteiger partial charge in [-0.2, -0.15) is 0 Å². The number of rotatable bonds is 6. The Kier molecular flexibility index (Phi) is 5.86. The van der Waals surface area contributed by atoms with Gasteiger partial charge in [0.2, 0.25) is 23.6 Å². The highest BCUT2D eigenvalue weighted by Crippen LogP contribution is 2.37. The number of benzene rings is 1. The van der Waals surface area contributed by atoms with Crippen LogP contribution in [-0.2, 0) is 14.4 Å². The van der Waals surface area contributed by atoms with Crippen LogP contribution in [0, 0.1) is 17.8 Å². The molecule has 0 saturated carbocycles. The summed E-state index contributed by atoms with van der Waals surface area (Å²) in [5.74, 6) is -1.98. The monoisotopic (exact) mass is 397 g/mol. The standard InChI is InChI=1S/C22H27N3O4/c1-13(2)12-18(25-20(27)16-6-4-5-7-17(16)21(25)28)22(29)24(3)15-10-8-14(9-11-15)19(23)26/h4-5,8-11,13,16-18H,6-7,12H2,1-3H3,(H2,23,26). The van der Waals surface area contributed by atoms with Crippen molar-refractivity contribution < 1.29 is 19.2 Å². The van der Waals surface area contributed by atoms with Gasteiger partial charge in [0.25, 0.3) is 0 Å². The Hall–Kier alpha value is -2.96. The van der Waals surface area contributed by atoms with E-state index >= 15 is 0 Å². The summed E-state index contributed by atoms with van der Waals surface area (Å²) in [6, 6.07) is 5.50. The van der Waals surface area contributed by atoms with E-state index in [0.29, 0.717) is 30.5 Å². The SMILES string of the molecule is CC(C)CC(C(=O)N(C)c1ccc(C(N)=O)cc1)N1C(=O)C2CC=CCC2C1=O. The van der Waals surface area contributed by atoms with Crippen molar-refractivity contribution in [2.75, 3.05) is 11.9 Å². The molecule has 1 fully saturated rings. The van der Waals surface area contributed by atoms with Gasteiger partial charge in [-0.15, -0.1) is 0 Å². The van der Waals surface area contributed by atoms with E-state index in [-0.39, 0.29) is 35.5 Å². The lowest BCUT2D eigenvalue weighted by atomic mass is 9.85. The predicted octanol–water partition coefficient (Wildman–Crippen LogP) is 2.11. The van der Waals surface area contributed by atoms with E-state index in [9.17, 15) is 19.2 Å². The molecule has 0 aromatic heterocycles. The molecular formula is C22H27N3O4. The number of hydrogen-bond donors (Lipinski definition) is 1. The molecule has 3 unspecified atom stereocenters. The quantitative estimate of drug-likeness (QED) is 0.587. The third-order valence-electron chi connectivity index (χ3n) is 5.70. The van der Waals surface area contributed by atoms with E-state index in [0.717, 1.165) is 0 Å². The molecule has 0 radical (unpaired) electrons. The van der Waals surface area contributed by atoms with E-state index < -0.39 is 11.9 Å². The second-order valence-electron chi connectivity index (χ2n) is 8.16. The van der Waals surface area contributed by atoms with Crippen LogP contribution in [0.15, 0.2) is 36.4 Å². The fourth-order valence-corrected chi connectivity index (χ4v) is 4.10. The summed E-state index contributed by atoms with van der Waals surface area (Å²) in [7, 11) is 1.61. The van der Waals surface area contributed by atoms with Crippen molar-refractivity contribution in [2.45, 2.75) is 39.2 Å². The van der Waals surface area contributed by atoms with Crippen molar-refractivity contribution in [3.63, 3.8) is 0 Å². The molecule has 1 aliphatic heterocycles. The van der Waals surface area contributed by atoms with Crippen LogP contribution in [0.1, 0.15) is 43.5 Å². The highest BCUT2D eigenvalue weighted by Gasteiger charge is 2.51. The maximum absolute atomic E-state index is 13.4. The Morgan fingerprint density at radius 3 is 2.03 bits per heavy atom. The fraction of sp³-hybridized carbons (Fsp3) is 0.455. The molecule has 29 heavy (non-hydrogen) atoms. The topological polar surface area (TPSA) is 101 Å². The summed E-state index contributed by atoms with van der Waals surface area (Å²) in [5.41, 5.74) is 6.17. The summed E-state index contributed by atoms with van der Waals surface area (Å²) >= 11 is 0. The Labute approximate surface area is 170 Å². The van der Waals surface area contributed by atoms with Gasteiger partial charge in [-0.05, 0) is 49.4 Å². The van der Waals surface area contributed by atoms with Crippen molar-refractivity contribution in [3.8, 4) is 0 Å². The molecule has 154 valence electrons. The average Bonchev–Trinajstić information content (AvgIpc) is 2.96. The summed E-state index contributed by atoms with van der Waals surface area (Å²) < 4.78 is 0. The molecule has 1 aromatic carbocycles. The lowest BCUT2D eigenvalue weighted by Crippen LogP contribution is -2.51. The lowest BCUT2D eigenvalue weighted by molar-refractivity contribution is -0.147. The van der Waals surface area contributed by atoms with Gasteiger partial charge < -0.3 is 10.6 Å². The van der Waals surface area contributed by atoms with Crippen LogP contribution in [0.2, 0.25) is 0 Å². The minimum absolute atomic E-state index is 0.121. The summed E-state index contributed by atoms with van der Waals surface area (Å²) in [4.78, 5) is 53.3. The molecule has 1 aromatic rings. The van der Waals surface area contributed by atoms with Crippen LogP contribution < -0.4 is 10.6 Å². The molecular weight excluding hydrogens is 370 g/mol. The molecule has 3 atom stereocenters. The molecule has 1 aliphatic carbocycles. The van der Waals surface area contributed by atoms with Gasteiger partial charge in [-0.25, -0.2) is 0 Å². The maximum Gasteiger partial charge on any atom is 0.250 e. The first kappa shape index (κ1) is 20.8. The zero-order valence-electron chi connectivity index (χ0n) is 17.0. The molecule has 4 amide bonds. The van der Waals surface area contributed by atoms with Crippen molar-refractivity contribution in [1.82, 2.24) is 4.90 Å². The minimum atomic E-state index is -0.846. The van der Waals surface area contributed by atoms with Crippen molar-refractivity contribution >= 4 is 29.3 Å². The van der Waals surface area contributed by atoms with Crippen molar-refractivity contribution in [3.05, 3.63) is 42.0 Å². The largest absolute Gasteiger partial charge is 0.366 e. The molecule has 7 nitrogen and oxygen atoms in total. The fourth-order valence-electron chi connectivity index (χ4n) is 4.10. The first-order valence-electron chi connectivity index (χ1n) is 9.91. The van der Waals surface area contributed by atoms with Gasteiger partial charge in [-0.3, -0.25) is 24.1 Å². The third-order valence-corrected chi connectivity index (χ3v) is 5.70. The second kappa shape index (κ2) is 8.19. The molecule has 1 saturated heterocycles. The highest BCUT2D eigenvalue weighted by atomic mass is 16.2. The molecule has 0 bridgehead atoms. The van der Waals surface area contributed by atoms with Crippen LogP contribution in [0.25, 0.3) is 0 Å². The number of carbonyl (C=O) groups is 4. The first-order valence-corrected chi connectivity index (χ1v) is 9.91. The molecule has 3 rings (SSSR count). The van der Waals surface area contributed by atoms with Crippen LogP contribution in [0.4, 0.5) is 5.69 Å². The van der Waals surface area contributed by atoms with Gasteiger partial charge >= 0.3 is 0 Å². The first-order chi connectivity index (χ1) is 13.7. The number of anilines is 1. The number of likely N-dealkylation sites (N-methyl/N-ethyl adjacent to an activating group) is 1. The normalized spacial score (nSPS) is 22.0. The van der Waals surface area contributed by atoms with Gasteiger partial charge in [0.15, 0.2) is 0 Å². The molecule has 2 N–H and O–H groups in total. The van der Waals surface area contributed by atoms with Gasteiger partial charge in [0, 0.05) is 18.3 Å². The Bertz CT molecular complexity index is 833. The highest BCUT2D eigenvalue weighted by molar-refractivity contribution is 6.10. The van der Waals surface area contributed by atoms with E-state index in [4.69, 9.17) is 5.73 Å². The van der Waals surface area contributed by atoms with Crippen LogP contribution >= 0.6 is 0 Å². The zero-order chi connectivity index (χ0) is 21.3. The third kappa shape index (κ3) is 3.95. The number of likely N-dealkylation sites (tertiary alicyclic amines) is 1. The summed E-state index contributed by atoms with van der Waals surface area (Å²) in [5, 5.41) is 0. The van der Waals surface area contributed by atoms with Gasteiger partial charge in [0.05, 0.1) is 11.8 Å². The van der Waals surface area contributed by atoms with Crippen LogP contribution in [-0.4, -0.2) is 41.6 Å². The number of nitrogens with two attached hydrogens (primary N) is 1. The summed E-state index contributed by atoms with van der Waals surface area (Å²) in [6.07, 6.45) is 5.34. The minimum Gasteiger partial charge on any atom is -0.366 e. The van der Waals surface area contributed by atoms with E-state index in [1.807, 2.05) is 26.0 Å².